The van der Waals surface area contributed by atoms with Gasteiger partial charge in [-0.15, -0.1) is 0 Å². The van der Waals surface area contributed by atoms with Crippen LogP contribution in [0.3, 0.4) is 0 Å². The third-order valence-electron chi connectivity index (χ3n) is 10.9. The molecule has 0 radical (unpaired) electrons. The molecular formula is C49H44N4O6S. The number of amides is 2. The molecule has 0 atom stereocenters. The number of hydrogen-bond acceptors (Lipinski definition) is 7. The molecule has 0 saturated carbocycles. The Balaban J connectivity index is 1.26. The molecule has 0 bridgehead atoms. The van der Waals surface area contributed by atoms with Crippen LogP contribution in [0.25, 0.3) is 38.7 Å². The molecule has 11 heteroatoms. The number of hydrogen-bond donors (Lipinski definition) is 1. The Morgan fingerprint density at radius 2 is 1.45 bits per heavy atom. The summed E-state index contributed by atoms with van der Waals surface area (Å²) in [5.41, 5.74) is 6.57. The lowest BCUT2D eigenvalue weighted by Crippen LogP contribution is -2.36. The van der Waals surface area contributed by atoms with Gasteiger partial charge < -0.3 is 9.64 Å². The van der Waals surface area contributed by atoms with Crippen molar-refractivity contribution in [1.82, 2.24) is 19.4 Å². The molecule has 1 aromatic heterocycles. The third-order valence-corrected chi connectivity index (χ3v) is 12.2. The third kappa shape index (κ3) is 8.08. The second-order valence-electron chi connectivity index (χ2n) is 14.8. The fourth-order valence-corrected chi connectivity index (χ4v) is 8.80. The van der Waals surface area contributed by atoms with E-state index in [0.29, 0.717) is 53.8 Å². The molecule has 0 fully saturated rings. The smallest absolute Gasteiger partial charge is 0.359 e. The number of rotatable bonds is 12. The summed E-state index contributed by atoms with van der Waals surface area (Å²) in [6.07, 6.45) is 2.74. The van der Waals surface area contributed by atoms with Gasteiger partial charge in [-0.05, 0) is 101 Å². The Bertz CT molecular complexity index is 2850. The highest BCUT2D eigenvalue weighted by molar-refractivity contribution is 7.90. The van der Waals surface area contributed by atoms with Gasteiger partial charge in [0.2, 0.25) is 0 Å². The maximum Gasteiger partial charge on any atom is 0.359 e. The molecule has 0 unspecified atom stereocenters. The van der Waals surface area contributed by atoms with E-state index in [1.165, 1.54) is 24.3 Å². The molecule has 0 aliphatic carbocycles. The van der Waals surface area contributed by atoms with Crippen molar-refractivity contribution in [1.29, 1.82) is 0 Å². The van der Waals surface area contributed by atoms with Crippen LogP contribution >= 0.6 is 0 Å². The van der Waals surface area contributed by atoms with Crippen molar-refractivity contribution in [3.05, 3.63) is 173 Å². The number of benzene rings is 6. The van der Waals surface area contributed by atoms with Crippen LogP contribution < -0.4 is 4.72 Å². The lowest BCUT2D eigenvalue weighted by molar-refractivity contribution is 0.0519. The molecule has 2 amide bonds. The number of sulfonamides is 1. The molecule has 1 aliphatic heterocycles. The SMILES string of the molecule is CCCCc1c(-c2ccc(C(=O)NS(=O)(=O)c3ccc4ccccc4c3)cc2C(=O)N2CCc3ccccc3C2)c(C(=O)OCC)nn1-c1ccc(-c2ccccc2)cc1. The monoisotopic (exact) mass is 816 g/mol. The molecule has 60 heavy (non-hydrogen) atoms. The van der Waals surface area contributed by atoms with Crippen molar-refractivity contribution >= 4 is 38.6 Å². The van der Waals surface area contributed by atoms with Crippen molar-refractivity contribution in [2.75, 3.05) is 13.2 Å². The predicted molar refractivity (Wildman–Crippen MR) is 232 cm³/mol. The quantitative estimate of drug-likeness (QED) is 0.122. The summed E-state index contributed by atoms with van der Waals surface area (Å²) in [4.78, 5) is 44.4. The first-order valence-electron chi connectivity index (χ1n) is 20.2. The number of carbonyl (C=O) groups excluding carboxylic acids is 3. The molecule has 1 N–H and O–H groups in total. The first kappa shape index (κ1) is 40.0. The average molecular weight is 817 g/mol. The minimum atomic E-state index is -4.31. The summed E-state index contributed by atoms with van der Waals surface area (Å²) >= 11 is 0. The Morgan fingerprint density at radius 1 is 0.750 bits per heavy atom. The second-order valence-corrected chi connectivity index (χ2v) is 16.5. The molecule has 6 aromatic carbocycles. The molecular weight excluding hydrogens is 773 g/mol. The van der Waals surface area contributed by atoms with E-state index in [0.717, 1.165) is 40.5 Å². The molecule has 8 rings (SSSR count). The van der Waals surface area contributed by atoms with Crippen LogP contribution in [0.2, 0.25) is 0 Å². The van der Waals surface area contributed by atoms with Gasteiger partial charge in [-0.25, -0.2) is 22.6 Å². The van der Waals surface area contributed by atoms with Crippen molar-refractivity contribution < 1.29 is 27.5 Å². The van der Waals surface area contributed by atoms with E-state index in [1.54, 1.807) is 34.7 Å². The largest absolute Gasteiger partial charge is 0.461 e. The van der Waals surface area contributed by atoms with Crippen molar-refractivity contribution in [2.45, 2.75) is 51.0 Å². The van der Waals surface area contributed by atoms with E-state index in [-0.39, 0.29) is 34.2 Å². The van der Waals surface area contributed by atoms with E-state index in [9.17, 15) is 22.8 Å². The van der Waals surface area contributed by atoms with Crippen LogP contribution in [-0.4, -0.2) is 54.0 Å². The van der Waals surface area contributed by atoms with Gasteiger partial charge in [-0.2, -0.15) is 5.10 Å². The van der Waals surface area contributed by atoms with Gasteiger partial charge in [0.1, 0.15) is 0 Å². The highest BCUT2D eigenvalue weighted by atomic mass is 32.2. The van der Waals surface area contributed by atoms with E-state index in [1.807, 2.05) is 91.0 Å². The number of unbranched alkanes of at least 4 members (excludes halogenated alkanes) is 1. The normalized spacial score (nSPS) is 12.5. The number of carbonyl (C=O) groups is 3. The van der Waals surface area contributed by atoms with Gasteiger partial charge in [0.15, 0.2) is 5.69 Å². The number of fused-ring (bicyclic) bond motifs is 2. The minimum absolute atomic E-state index is 0.0317. The van der Waals surface area contributed by atoms with Crippen molar-refractivity contribution in [3.63, 3.8) is 0 Å². The number of ether oxygens (including phenoxy) is 1. The van der Waals surface area contributed by atoms with Crippen molar-refractivity contribution in [2.24, 2.45) is 0 Å². The van der Waals surface area contributed by atoms with E-state index in [2.05, 4.69) is 17.7 Å². The van der Waals surface area contributed by atoms with Crippen LogP contribution in [0, 0.1) is 0 Å². The highest BCUT2D eigenvalue weighted by Gasteiger charge is 2.32. The molecule has 2 heterocycles. The second kappa shape index (κ2) is 17.2. The van der Waals surface area contributed by atoms with Crippen molar-refractivity contribution in [3.8, 4) is 27.9 Å². The maximum absolute atomic E-state index is 14.9. The van der Waals surface area contributed by atoms with Gasteiger partial charge >= 0.3 is 5.97 Å². The number of esters is 1. The molecule has 0 saturated heterocycles. The van der Waals surface area contributed by atoms with Gasteiger partial charge in [0.05, 0.1) is 22.9 Å². The van der Waals surface area contributed by atoms with Gasteiger partial charge in [0, 0.05) is 29.8 Å². The van der Waals surface area contributed by atoms with E-state index in [4.69, 9.17) is 9.84 Å². The summed E-state index contributed by atoms with van der Waals surface area (Å²) in [5, 5.41) is 6.46. The zero-order chi connectivity index (χ0) is 41.8. The minimum Gasteiger partial charge on any atom is -0.461 e. The highest BCUT2D eigenvalue weighted by Crippen LogP contribution is 2.36. The van der Waals surface area contributed by atoms with Crippen LogP contribution in [-0.2, 0) is 34.1 Å². The summed E-state index contributed by atoms with van der Waals surface area (Å²) in [6.45, 7) is 4.65. The lowest BCUT2D eigenvalue weighted by atomic mass is 9.92. The summed E-state index contributed by atoms with van der Waals surface area (Å²) < 4.78 is 36.8. The maximum atomic E-state index is 14.9. The van der Waals surface area contributed by atoms with Crippen LogP contribution in [0.4, 0.5) is 0 Å². The molecule has 7 aromatic rings. The molecule has 0 spiro atoms. The fraction of sp³-hybridized carbons (Fsp3) is 0.184. The van der Waals surface area contributed by atoms with Gasteiger partial charge in [-0.1, -0.05) is 116 Å². The zero-order valence-corrected chi connectivity index (χ0v) is 34.2. The van der Waals surface area contributed by atoms with Crippen LogP contribution in [0.15, 0.2) is 144 Å². The Kier molecular flexibility index (Phi) is 11.4. The van der Waals surface area contributed by atoms with E-state index < -0.39 is 21.9 Å². The van der Waals surface area contributed by atoms with Crippen LogP contribution in [0.1, 0.15) is 74.7 Å². The topological polar surface area (TPSA) is 128 Å². The standard InChI is InChI=1S/C49H44N4O6S/c1-3-5-19-44-45(46(49(56)59-4-2)50-53(44)40-24-20-36(21-25-40)33-13-7-6-8-14-33)42-27-23-38(31-43(42)48(55)52-29-28-35-16-10-12-18-39(35)32-52)47(54)51-60(57,58)41-26-22-34-15-9-11-17-37(34)30-41/h6-18,20-27,30-31H,3-5,19,28-29,32H2,1-2H3,(H,51,54). The number of nitrogens with zero attached hydrogens (tertiary/aromatic N) is 3. The first-order valence-corrected chi connectivity index (χ1v) is 21.6. The summed E-state index contributed by atoms with van der Waals surface area (Å²) in [7, 11) is -4.31. The number of nitrogens with one attached hydrogen (secondary N) is 1. The zero-order valence-electron chi connectivity index (χ0n) is 33.4. The Hall–Kier alpha value is -6.85. The number of aromatic nitrogens is 2. The Morgan fingerprint density at radius 3 is 2.20 bits per heavy atom. The predicted octanol–water partition coefficient (Wildman–Crippen LogP) is 9.20. The molecule has 1 aliphatic rings. The summed E-state index contributed by atoms with van der Waals surface area (Å²) in [6, 6.07) is 42.4. The van der Waals surface area contributed by atoms with Crippen LogP contribution in [0.5, 0.6) is 0 Å². The van der Waals surface area contributed by atoms with Gasteiger partial charge in [0.25, 0.3) is 21.8 Å². The first-order chi connectivity index (χ1) is 29.1. The lowest BCUT2D eigenvalue weighted by Gasteiger charge is -2.29. The molecule has 302 valence electrons. The fourth-order valence-electron chi connectivity index (χ4n) is 7.79. The average Bonchev–Trinajstić information content (AvgIpc) is 3.67. The summed E-state index contributed by atoms with van der Waals surface area (Å²) in [5.74, 6) is -1.93. The van der Waals surface area contributed by atoms with Gasteiger partial charge in [-0.3, -0.25) is 9.59 Å². The molecule has 10 nitrogen and oxygen atoms in total. The van der Waals surface area contributed by atoms with E-state index >= 15 is 0 Å². The Labute approximate surface area is 349 Å².